The van der Waals surface area contributed by atoms with Gasteiger partial charge in [-0.2, -0.15) is 0 Å². The molecule has 0 saturated heterocycles. The predicted octanol–water partition coefficient (Wildman–Crippen LogP) is 3.16. The molecule has 0 radical (unpaired) electrons. The molecule has 20 heavy (non-hydrogen) atoms. The Bertz CT molecular complexity index is 561. The van der Waals surface area contributed by atoms with Gasteiger partial charge >= 0.3 is 0 Å². The van der Waals surface area contributed by atoms with E-state index in [0.717, 1.165) is 25.1 Å². The number of nitrogen functional groups attached to an aromatic ring is 1. The van der Waals surface area contributed by atoms with Crippen LogP contribution in [-0.4, -0.2) is 15.0 Å². The van der Waals surface area contributed by atoms with Gasteiger partial charge < -0.3 is 5.73 Å². The summed E-state index contributed by atoms with van der Waals surface area (Å²) in [6, 6.07) is 8.70. The molecule has 4 nitrogen and oxygen atoms in total. The molecule has 0 amide bonds. The molecule has 0 aliphatic rings. The van der Waals surface area contributed by atoms with Crippen molar-refractivity contribution in [3.63, 3.8) is 0 Å². The summed E-state index contributed by atoms with van der Waals surface area (Å²) in [6.07, 6.45) is 1.96. The summed E-state index contributed by atoms with van der Waals surface area (Å²) in [7, 11) is 0. The Hall–Kier alpha value is -1.84. The minimum atomic E-state index is 0.184. The lowest BCUT2D eigenvalue weighted by Gasteiger charge is -2.19. The Morgan fingerprint density at radius 2 is 1.80 bits per heavy atom. The zero-order chi connectivity index (χ0) is 14.8. The maximum absolute atomic E-state index is 5.87. The summed E-state index contributed by atoms with van der Waals surface area (Å²) in [5.74, 6) is 0.554. The van der Waals surface area contributed by atoms with Gasteiger partial charge in [0, 0.05) is 0 Å². The number of hydrogen-bond acceptors (Lipinski definition) is 3. The van der Waals surface area contributed by atoms with E-state index in [2.05, 4.69) is 62.3 Å². The Kier molecular flexibility index (Phi) is 4.12. The molecule has 4 heteroatoms. The molecular formula is C16H24N4. The van der Waals surface area contributed by atoms with Crippen LogP contribution in [0.3, 0.4) is 0 Å². The number of hydrogen-bond donors (Lipinski definition) is 1. The quantitative estimate of drug-likeness (QED) is 0.930. The lowest BCUT2D eigenvalue weighted by molar-refractivity contribution is 0.587. The van der Waals surface area contributed by atoms with Crippen molar-refractivity contribution >= 4 is 5.82 Å². The van der Waals surface area contributed by atoms with Crippen LogP contribution >= 0.6 is 0 Å². The van der Waals surface area contributed by atoms with Gasteiger partial charge in [0.25, 0.3) is 0 Å². The van der Waals surface area contributed by atoms with Crippen LogP contribution in [0.15, 0.2) is 24.3 Å². The second-order valence-electron chi connectivity index (χ2n) is 6.28. The minimum Gasteiger partial charge on any atom is -0.381 e. The highest BCUT2D eigenvalue weighted by Crippen LogP contribution is 2.22. The summed E-state index contributed by atoms with van der Waals surface area (Å²) in [5, 5.41) is 8.12. The van der Waals surface area contributed by atoms with Crippen LogP contribution in [-0.2, 0) is 18.4 Å². The summed E-state index contributed by atoms with van der Waals surface area (Å²) in [4.78, 5) is 0. The van der Waals surface area contributed by atoms with Gasteiger partial charge in [0.2, 0.25) is 0 Å². The van der Waals surface area contributed by atoms with Crippen molar-refractivity contribution in [2.45, 2.75) is 52.5 Å². The smallest absolute Gasteiger partial charge is 0.169 e. The summed E-state index contributed by atoms with van der Waals surface area (Å²) in [5.41, 5.74) is 9.65. The largest absolute Gasteiger partial charge is 0.381 e. The molecule has 2 N–H and O–H groups in total. The van der Waals surface area contributed by atoms with Crippen molar-refractivity contribution in [1.29, 1.82) is 0 Å². The first-order valence-electron chi connectivity index (χ1n) is 7.19. The standard InChI is InChI=1S/C16H24N4/c1-5-6-14-15(17)18-19-20(14)11-12-7-9-13(10-8-12)16(2,3)4/h7-10H,5-6,11,17H2,1-4H3. The van der Waals surface area contributed by atoms with E-state index in [1.54, 1.807) is 0 Å². The Balaban J connectivity index is 2.18. The van der Waals surface area contributed by atoms with E-state index in [0.29, 0.717) is 5.82 Å². The first-order chi connectivity index (χ1) is 9.41. The molecule has 0 fully saturated rings. The van der Waals surface area contributed by atoms with Gasteiger partial charge in [-0.3, -0.25) is 0 Å². The van der Waals surface area contributed by atoms with Crippen LogP contribution < -0.4 is 5.73 Å². The summed E-state index contributed by atoms with van der Waals surface area (Å²) < 4.78 is 1.91. The van der Waals surface area contributed by atoms with Crippen LogP contribution in [0.25, 0.3) is 0 Å². The molecule has 0 spiro atoms. The van der Waals surface area contributed by atoms with E-state index in [-0.39, 0.29) is 5.41 Å². The first-order valence-corrected chi connectivity index (χ1v) is 7.19. The van der Waals surface area contributed by atoms with Crippen LogP contribution in [0.2, 0.25) is 0 Å². The zero-order valence-corrected chi connectivity index (χ0v) is 12.8. The number of nitrogens with zero attached hydrogens (tertiary/aromatic N) is 3. The highest BCUT2D eigenvalue weighted by molar-refractivity contribution is 5.34. The highest BCUT2D eigenvalue weighted by Gasteiger charge is 2.14. The number of nitrogens with two attached hydrogens (primary N) is 1. The molecule has 1 heterocycles. The normalized spacial score (nSPS) is 11.8. The van der Waals surface area contributed by atoms with E-state index in [1.807, 2.05) is 4.68 Å². The molecule has 0 saturated carbocycles. The second-order valence-corrected chi connectivity index (χ2v) is 6.28. The molecular weight excluding hydrogens is 248 g/mol. The number of aromatic nitrogens is 3. The average molecular weight is 272 g/mol. The van der Waals surface area contributed by atoms with Crippen LogP contribution in [0.5, 0.6) is 0 Å². The number of benzene rings is 1. The molecule has 1 aromatic heterocycles. The van der Waals surface area contributed by atoms with E-state index >= 15 is 0 Å². The van der Waals surface area contributed by atoms with E-state index in [9.17, 15) is 0 Å². The third kappa shape index (κ3) is 3.18. The molecule has 2 aromatic rings. The van der Waals surface area contributed by atoms with Gasteiger partial charge in [0.05, 0.1) is 12.2 Å². The van der Waals surface area contributed by atoms with Gasteiger partial charge in [-0.1, -0.05) is 63.6 Å². The van der Waals surface area contributed by atoms with Crippen LogP contribution in [0.4, 0.5) is 5.82 Å². The SMILES string of the molecule is CCCc1c(N)nnn1Cc1ccc(C(C)(C)C)cc1. The van der Waals surface area contributed by atoms with Gasteiger partial charge in [-0.15, -0.1) is 5.10 Å². The number of anilines is 1. The maximum atomic E-state index is 5.87. The molecule has 0 atom stereocenters. The first kappa shape index (κ1) is 14.6. The number of rotatable bonds is 4. The van der Waals surface area contributed by atoms with E-state index in [1.165, 1.54) is 11.1 Å². The molecule has 108 valence electrons. The second kappa shape index (κ2) is 5.65. The van der Waals surface area contributed by atoms with Gasteiger partial charge in [-0.05, 0) is 23.0 Å². The van der Waals surface area contributed by atoms with Crippen molar-refractivity contribution in [2.75, 3.05) is 5.73 Å². The van der Waals surface area contributed by atoms with Gasteiger partial charge in [0.1, 0.15) is 0 Å². The Morgan fingerprint density at radius 3 is 2.35 bits per heavy atom. The topological polar surface area (TPSA) is 56.7 Å². The fourth-order valence-electron chi connectivity index (χ4n) is 2.25. The van der Waals surface area contributed by atoms with Crippen LogP contribution in [0.1, 0.15) is 50.9 Å². The monoisotopic (exact) mass is 272 g/mol. The molecule has 1 aromatic carbocycles. The molecule has 0 aliphatic carbocycles. The van der Waals surface area contributed by atoms with Crippen molar-refractivity contribution in [3.8, 4) is 0 Å². The Morgan fingerprint density at radius 1 is 1.15 bits per heavy atom. The fraction of sp³-hybridized carbons (Fsp3) is 0.500. The van der Waals surface area contributed by atoms with Crippen LogP contribution in [0, 0.1) is 0 Å². The predicted molar refractivity (Wildman–Crippen MR) is 82.7 cm³/mol. The lowest BCUT2D eigenvalue weighted by atomic mass is 9.87. The fourth-order valence-corrected chi connectivity index (χ4v) is 2.25. The average Bonchev–Trinajstić information content (AvgIpc) is 2.72. The van der Waals surface area contributed by atoms with Crippen molar-refractivity contribution in [1.82, 2.24) is 15.0 Å². The van der Waals surface area contributed by atoms with Crippen molar-refractivity contribution < 1.29 is 0 Å². The maximum Gasteiger partial charge on any atom is 0.169 e. The highest BCUT2D eigenvalue weighted by atomic mass is 15.4. The molecule has 2 rings (SSSR count). The molecule has 0 bridgehead atoms. The lowest BCUT2D eigenvalue weighted by Crippen LogP contribution is -2.11. The Labute approximate surface area is 121 Å². The minimum absolute atomic E-state index is 0.184. The van der Waals surface area contributed by atoms with E-state index < -0.39 is 0 Å². The van der Waals surface area contributed by atoms with Crippen molar-refractivity contribution in [2.24, 2.45) is 0 Å². The summed E-state index contributed by atoms with van der Waals surface area (Å²) >= 11 is 0. The zero-order valence-electron chi connectivity index (χ0n) is 12.8. The van der Waals surface area contributed by atoms with Gasteiger partial charge in [-0.25, -0.2) is 4.68 Å². The van der Waals surface area contributed by atoms with E-state index in [4.69, 9.17) is 5.73 Å². The molecule has 0 unspecified atom stereocenters. The summed E-state index contributed by atoms with van der Waals surface area (Å²) in [6.45, 7) is 9.53. The van der Waals surface area contributed by atoms with Gasteiger partial charge in [0.15, 0.2) is 5.82 Å². The third-order valence-corrected chi connectivity index (χ3v) is 3.51. The van der Waals surface area contributed by atoms with Crippen molar-refractivity contribution in [3.05, 3.63) is 41.1 Å². The third-order valence-electron chi connectivity index (χ3n) is 3.51. The molecule has 0 aliphatic heterocycles.